The van der Waals surface area contributed by atoms with E-state index in [-0.39, 0.29) is 18.4 Å². The van der Waals surface area contributed by atoms with Gasteiger partial charge in [-0.2, -0.15) is 15.0 Å². The predicted molar refractivity (Wildman–Crippen MR) is 185 cm³/mol. The topological polar surface area (TPSA) is 219 Å². The number of benzene rings is 2. The van der Waals surface area contributed by atoms with Gasteiger partial charge in [0.1, 0.15) is 0 Å². The molecule has 5 N–H and O–H groups in total. The lowest BCUT2D eigenvalue weighted by Crippen LogP contribution is -2.27. The Morgan fingerprint density at radius 2 is 1.22 bits per heavy atom. The average Bonchev–Trinajstić information content (AvgIpc) is 3.12. The lowest BCUT2D eigenvalue weighted by atomic mass is 10.2. The van der Waals surface area contributed by atoms with Crippen molar-refractivity contribution in [2.75, 3.05) is 102 Å². The van der Waals surface area contributed by atoms with E-state index in [2.05, 4.69) is 58.1 Å². The first-order valence-electron chi connectivity index (χ1n) is 15.7. The molecular weight excluding hydrogens is 634 g/mol. The zero-order valence-electron chi connectivity index (χ0n) is 27.3. The van der Waals surface area contributed by atoms with Gasteiger partial charge in [0.05, 0.1) is 52.9 Å². The van der Waals surface area contributed by atoms with E-state index < -0.39 is 0 Å². The fraction of sp³-hybridized carbons (Fsp3) is 0.406. The fourth-order valence-electron chi connectivity index (χ4n) is 3.88. The molecule has 2 aromatic carbocycles. The second-order valence-corrected chi connectivity index (χ2v) is 9.89. The number of hydrogen-bond acceptors (Lipinski definition) is 13. The van der Waals surface area contributed by atoms with Crippen LogP contribution in [0, 0.1) is 0 Å². The molecule has 1 heterocycles. The van der Waals surface area contributed by atoms with Crippen molar-refractivity contribution in [2.24, 2.45) is 5.11 Å². The number of carbonyl (C=O) groups excluding carboxylic acids is 2. The van der Waals surface area contributed by atoms with E-state index in [1.165, 1.54) is 0 Å². The minimum absolute atomic E-state index is 0.136. The third kappa shape index (κ3) is 16.4. The summed E-state index contributed by atoms with van der Waals surface area (Å²) in [6, 6.07) is 15.9. The number of azide groups is 1. The summed E-state index contributed by atoms with van der Waals surface area (Å²) >= 11 is 0. The van der Waals surface area contributed by atoms with Crippen LogP contribution < -0.4 is 26.6 Å². The van der Waals surface area contributed by atoms with Gasteiger partial charge in [0.25, 0.3) is 11.8 Å². The van der Waals surface area contributed by atoms with Gasteiger partial charge in [-0.3, -0.25) is 9.59 Å². The van der Waals surface area contributed by atoms with Crippen molar-refractivity contribution in [3.8, 4) is 0 Å². The summed E-state index contributed by atoms with van der Waals surface area (Å²) in [6.07, 6.45) is 1.69. The Hall–Kier alpha value is -5.32. The first kappa shape index (κ1) is 38.1. The van der Waals surface area contributed by atoms with Gasteiger partial charge >= 0.3 is 0 Å². The summed E-state index contributed by atoms with van der Waals surface area (Å²) < 4.78 is 21.8. The molecule has 0 atom stereocenters. The number of anilines is 4. The highest BCUT2D eigenvalue weighted by atomic mass is 16.5. The quantitative estimate of drug-likeness (QED) is 0.0272. The third-order valence-electron chi connectivity index (χ3n) is 6.22. The van der Waals surface area contributed by atoms with Crippen LogP contribution in [0.25, 0.3) is 10.4 Å². The Morgan fingerprint density at radius 1 is 0.694 bits per heavy atom. The lowest BCUT2D eigenvalue weighted by Gasteiger charge is -2.12. The number of amides is 2. The van der Waals surface area contributed by atoms with Gasteiger partial charge < -0.3 is 45.5 Å². The number of rotatable bonds is 26. The number of aromatic nitrogens is 3. The SMILES string of the molecule is C=CCNc1nc(NCCOCCOCCNC(=O)c2ccccc2)nc(Nc2ccc(C(=O)NCCOCCOCCN=[N+]=[N-])cc2)n1. The van der Waals surface area contributed by atoms with Gasteiger partial charge in [-0.1, -0.05) is 29.4 Å². The van der Waals surface area contributed by atoms with Crippen molar-refractivity contribution in [1.29, 1.82) is 0 Å². The molecule has 0 aliphatic rings. The van der Waals surface area contributed by atoms with Crippen LogP contribution in [-0.4, -0.2) is 112 Å². The maximum absolute atomic E-state index is 12.5. The van der Waals surface area contributed by atoms with Gasteiger partial charge in [0.2, 0.25) is 17.8 Å². The molecule has 17 heteroatoms. The van der Waals surface area contributed by atoms with Crippen LogP contribution in [0.2, 0.25) is 0 Å². The van der Waals surface area contributed by atoms with Crippen LogP contribution in [0.3, 0.4) is 0 Å². The predicted octanol–water partition coefficient (Wildman–Crippen LogP) is 3.16. The van der Waals surface area contributed by atoms with Gasteiger partial charge in [0, 0.05) is 54.4 Å². The summed E-state index contributed by atoms with van der Waals surface area (Å²) in [5.74, 6) is 0.629. The zero-order valence-corrected chi connectivity index (χ0v) is 27.3. The molecule has 0 fully saturated rings. The summed E-state index contributed by atoms with van der Waals surface area (Å²) in [7, 11) is 0. The number of nitrogens with one attached hydrogen (secondary N) is 5. The Labute approximate surface area is 284 Å². The molecule has 0 aliphatic carbocycles. The molecular formula is C32H43N11O6. The van der Waals surface area contributed by atoms with Crippen molar-refractivity contribution >= 4 is 35.3 Å². The summed E-state index contributed by atoms with van der Waals surface area (Å²) in [6.45, 7) is 8.62. The van der Waals surface area contributed by atoms with Crippen LogP contribution in [0.15, 0.2) is 72.4 Å². The number of nitrogens with zero attached hydrogens (tertiary/aromatic N) is 6. The molecule has 0 spiro atoms. The number of carbonyl (C=O) groups is 2. The van der Waals surface area contributed by atoms with Crippen molar-refractivity contribution < 1.29 is 28.5 Å². The smallest absolute Gasteiger partial charge is 0.251 e. The zero-order chi connectivity index (χ0) is 34.8. The highest BCUT2D eigenvalue weighted by Crippen LogP contribution is 2.17. The van der Waals surface area contributed by atoms with Crippen molar-refractivity contribution in [1.82, 2.24) is 25.6 Å². The Morgan fingerprint density at radius 3 is 1.82 bits per heavy atom. The van der Waals surface area contributed by atoms with E-state index in [9.17, 15) is 9.59 Å². The maximum Gasteiger partial charge on any atom is 0.251 e. The Balaban J connectivity index is 1.34. The van der Waals surface area contributed by atoms with E-state index >= 15 is 0 Å². The van der Waals surface area contributed by atoms with E-state index in [1.807, 2.05) is 18.2 Å². The molecule has 49 heavy (non-hydrogen) atoms. The van der Waals surface area contributed by atoms with E-state index in [4.69, 9.17) is 24.5 Å². The van der Waals surface area contributed by atoms with E-state index in [0.29, 0.717) is 114 Å². The van der Waals surface area contributed by atoms with Crippen LogP contribution >= 0.6 is 0 Å². The average molecular weight is 678 g/mol. The van der Waals surface area contributed by atoms with Crippen LogP contribution in [0.1, 0.15) is 20.7 Å². The van der Waals surface area contributed by atoms with Gasteiger partial charge in [-0.05, 0) is 41.9 Å². The molecule has 3 rings (SSSR count). The van der Waals surface area contributed by atoms with Crippen molar-refractivity contribution in [2.45, 2.75) is 0 Å². The highest BCUT2D eigenvalue weighted by molar-refractivity contribution is 5.94. The Kier molecular flexibility index (Phi) is 18.6. The largest absolute Gasteiger partial charge is 0.379 e. The van der Waals surface area contributed by atoms with Gasteiger partial charge in [0.15, 0.2) is 0 Å². The standard InChI is InChI=1S/C32H43N11O6/c1-2-12-36-30-40-31(37-15-19-48-22-21-46-17-13-34-28(44)25-6-4-3-5-7-25)42-32(41-30)39-27-10-8-26(9-11-27)29(45)35-14-18-47-23-24-49-20-16-38-43-33/h2-11H,1,12-24H2,(H,34,44)(H,35,45)(H3,36,37,39,40,41,42). The molecule has 0 unspecified atom stereocenters. The molecule has 2 amide bonds. The summed E-state index contributed by atoms with van der Waals surface area (Å²) in [4.78, 5) is 40.4. The van der Waals surface area contributed by atoms with Crippen molar-refractivity contribution in [3.63, 3.8) is 0 Å². The second kappa shape index (κ2) is 23.9. The summed E-state index contributed by atoms with van der Waals surface area (Å²) in [5.41, 5.74) is 9.98. The van der Waals surface area contributed by atoms with Gasteiger partial charge in [-0.15, -0.1) is 6.58 Å². The first-order chi connectivity index (χ1) is 24.1. The van der Waals surface area contributed by atoms with Crippen LogP contribution in [0.5, 0.6) is 0 Å². The van der Waals surface area contributed by atoms with Gasteiger partial charge in [-0.25, -0.2) is 0 Å². The van der Waals surface area contributed by atoms with Crippen LogP contribution in [0.4, 0.5) is 23.5 Å². The first-order valence-corrected chi connectivity index (χ1v) is 15.7. The molecule has 0 saturated carbocycles. The molecule has 17 nitrogen and oxygen atoms in total. The summed E-state index contributed by atoms with van der Waals surface area (Å²) in [5, 5.41) is 18.3. The van der Waals surface area contributed by atoms with Crippen molar-refractivity contribution in [3.05, 3.63) is 88.8 Å². The second-order valence-electron chi connectivity index (χ2n) is 9.89. The van der Waals surface area contributed by atoms with E-state index in [0.717, 1.165) is 0 Å². The lowest BCUT2D eigenvalue weighted by molar-refractivity contribution is 0.0511. The number of hydrogen-bond donors (Lipinski definition) is 5. The maximum atomic E-state index is 12.5. The third-order valence-corrected chi connectivity index (χ3v) is 6.22. The number of ether oxygens (including phenoxy) is 4. The minimum atomic E-state index is -0.232. The molecule has 262 valence electrons. The molecule has 1 aromatic heterocycles. The molecule has 0 radical (unpaired) electrons. The van der Waals surface area contributed by atoms with Crippen LogP contribution in [-0.2, 0) is 18.9 Å². The molecule has 0 saturated heterocycles. The Bertz CT molecular complexity index is 1460. The highest BCUT2D eigenvalue weighted by Gasteiger charge is 2.09. The van der Waals surface area contributed by atoms with E-state index in [1.54, 1.807) is 42.5 Å². The molecule has 0 bridgehead atoms. The molecule has 0 aliphatic heterocycles. The molecule has 3 aromatic rings. The normalized spacial score (nSPS) is 10.4. The fourth-order valence-corrected chi connectivity index (χ4v) is 3.88. The monoisotopic (exact) mass is 677 g/mol. The minimum Gasteiger partial charge on any atom is -0.379 e.